The van der Waals surface area contributed by atoms with Gasteiger partial charge in [-0.2, -0.15) is 8.70 Å². The summed E-state index contributed by atoms with van der Waals surface area (Å²) in [6.07, 6.45) is 4.95. The number of carbonyl (C=O) groups is 1. The van der Waals surface area contributed by atoms with Crippen LogP contribution in [0.1, 0.15) is 0 Å². The van der Waals surface area contributed by atoms with Crippen molar-refractivity contribution in [2.45, 2.75) is 4.90 Å². The monoisotopic (exact) mass is 316 g/mol. The minimum Gasteiger partial charge on any atom is -0.480 e. The lowest BCUT2D eigenvalue weighted by atomic mass is 10.3. The highest BCUT2D eigenvalue weighted by Gasteiger charge is 2.34. The van der Waals surface area contributed by atoms with Gasteiger partial charge in [0.15, 0.2) is 4.90 Å². The molecule has 112 valence electrons. The molecule has 1 aromatic rings. The highest BCUT2D eigenvalue weighted by atomic mass is 32.2. The Balaban J connectivity index is 3.49. The van der Waals surface area contributed by atoms with Crippen molar-refractivity contribution in [3.8, 4) is 12.3 Å². The van der Waals surface area contributed by atoms with Crippen LogP contribution in [0.5, 0.6) is 0 Å². The normalized spacial score (nSPS) is 11.1. The fourth-order valence-electron chi connectivity index (χ4n) is 1.50. The van der Waals surface area contributed by atoms with Crippen LogP contribution in [0.2, 0.25) is 0 Å². The summed E-state index contributed by atoms with van der Waals surface area (Å²) in [7, 11) is -4.63. The van der Waals surface area contributed by atoms with Gasteiger partial charge in [0, 0.05) is 0 Å². The average molecular weight is 316 g/mol. The fourth-order valence-corrected chi connectivity index (χ4v) is 2.97. The van der Waals surface area contributed by atoms with Crippen LogP contribution >= 0.6 is 0 Å². The van der Waals surface area contributed by atoms with Crippen molar-refractivity contribution >= 4 is 21.7 Å². The molecule has 0 saturated heterocycles. The number of terminal acetylenes is 1. The molecule has 0 heterocycles. The number of hydrogen-bond acceptors (Lipinski definition) is 5. The first kappa shape index (κ1) is 16.5. The van der Waals surface area contributed by atoms with Crippen molar-refractivity contribution in [3.05, 3.63) is 34.1 Å². The SMILES string of the molecule is C#CCN(CC(=O)O)S(=O)(=O)c1cccc(F)c1[N+](=O)[O-]. The van der Waals surface area contributed by atoms with Crippen LogP contribution in [0, 0.1) is 28.3 Å². The number of para-hydroxylation sites is 1. The van der Waals surface area contributed by atoms with Crippen molar-refractivity contribution in [1.29, 1.82) is 0 Å². The van der Waals surface area contributed by atoms with E-state index >= 15 is 0 Å². The summed E-state index contributed by atoms with van der Waals surface area (Å²) in [5.74, 6) is -0.924. The zero-order valence-electron chi connectivity index (χ0n) is 10.4. The maximum atomic E-state index is 13.5. The lowest BCUT2D eigenvalue weighted by molar-refractivity contribution is -0.390. The van der Waals surface area contributed by atoms with Gasteiger partial charge in [-0.25, -0.2) is 8.42 Å². The topological polar surface area (TPSA) is 118 Å². The van der Waals surface area contributed by atoms with E-state index in [1.54, 1.807) is 0 Å². The standard InChI is InChI=1S/C11H9FN2O6S/c1-2-6-13(7-10(15)16)21(19,20)9-5-3-4-8(12)11(9)14(17)18/h1,3-5H,6-7H2,(H,15,16). The summed E-state index contributed by atoms with van der Waals surface area (Å²) in [4.78, 5) is 19.3. The molecule has 10 heteroatoms. The number of nitrogens with zero attached hydrogens (tertiary/aromatic N) is 2. The van der Waals surface area contributed by atoms with Gasteiger partial charge in [0.2, 0.25) is 5.82 Å². The Labute approximate surface area is 119 Å². The number of benzene rings is 1. The molecule has 8 nitrogen and oxygen atoms in total. The Morgan fingerprint density at radius 3 is 2.62 bits per heavy atom. The van der Waals surface area contributed by atoms with Crippen molar-refractivity contribution in [2.75, 3.05) is 13.1 Å². The smallest absolute Gasteiger partial charge is 0.324 e. The second-order valence-corrected chi connectivity index (χ2v) is 5.62. The Morgan fingerprint density at radius 2 is 2.14 bits per heavy atom. The highest BCUT2D eigenvalue weighted by molar-refractivity contribution is 7.89. The van der Waals surface area contributed by atoms with Gasteiger partial charge in [0.1, 0.15) is 6.54 Å². The van der Waals surface area contributed by atoms with Gasteiger partial charge in [0.25, 0.3) is 10.0 Å². The molecule has 0 amide bonds. The molecule has 0 aromatic heterocycles. The quantitative estimate of drug-likeness (QED) is 0.462. The predicted octanol–water partition coefficient (Wildman–Crippen LogP) is 0.442. The molecule has 0 aliphatic heterocycles. The summed E-state index contributed by atoms with van der Waals surface area (Å²) >= 11 is 0. The minimum atomic E-state index is -4.63. The van der Waals surface area contributed by atoms with E-state index < -0.39 is 50.4 Å². The van der Waals surface area contributed by atoms with Crippen molar-refractivity contribution < 1.29 is 27.6 Å². The molecule has 1 rings (SSSR count). The van der Waals surface area contributed by atoms with Crippen molar-refractivity contribution in [1.82, 2.24) is 4.31 Å². The Bertz CT molecular complexity index is 725. The van der Waals surface area contributed by atoms with Crippen molar-refractivity contribution in [3.63, 3.8) is 0 Å². The summed E-state index contributed by atoms with van der Waals surface area (Å²) in [6.45, 7) is -1.62. The first-order valence-electron chi connectivity index (χ1n) is 5.30. The molecule has 0 radical (unpaired) electrons. The van der Waals surface area contributed by atoms with Gasteiger partial charge in [-0.3, -0.25) is 14.9 Å². The van der Waals surface area contributed by atoms with E-state index in [-0.39, 0.29) is 0 Å². The third kappa shape index (κ3) is 3.53. The molecular weight excluding hydrogens is 307 g/mol. The van der Waals surface area contributed by atoms with Crippen LogP contribution in [0.25, 0.3) is 0 Å². The number of sulfonamides is 1. The van der Waals surface area contributed by atoms with Crippen LogP contribution < -0.4 is 0 Å². The number of rotatable bonds is 6. The van der Waals surface area contributed by atoms with Crippen LogP contribution in [0.3, 0.4) is 0 Å². The van der Waals surface area contributed by atoms with E-state index in [9.17, 15) is 27.7 Å². The molecule has 0 unspecified atom stereocenters. The van der Waals surface area contributed by atoms with Crippen LogP contribution in [0.15, 0.2) is 23.1 Å². The zero-order valence-corrected chi connectivity index (χ0v) is 11.2. The largest absolute Gasteiger partial charge is 0.480 e. The van der Waals surface area contributed by atoms with E-state index in [0.29, 0.717) is 4.31 Å². The zero-order chi connectivity index (χ0) is 16.2. The molecule has 0 atom stereocenters. The van der Waals surface area contributed by atoms with E-state index in [4.69, 9.17) is 11.5 Å². The highest BCUT2D eigenvalue weighted by Crippen LogP contribution is 2.28. The summed E-state index contributed by atoms with van der Waals surface area (Å²) < 4.78 is 38.3. The minimum absolute atomic E-state index is 0.330. The molecule has 0 aliphatic rings. The molecule has 0 bridgehead atoms. The third-order valence-electron chi connectivity index (χ3n) is 2.33. The molecule has 0 aliphatic carbocycles. The maximum Gasteiger partial charge on any atom is 0.324 e. The van der Waals surface area contributed by atoms with Crippen LogP contribution in [-0.2, 0) is 14.8 Å². The van der Waals surface area contributed by atoms with Gasteiger partial charge in [-0.1, -0.05) is 12.0 Å². The molecule has 0 spiro atoms. The van der Waals surface area contributed by atoms with Gasteiger partial charge in [0.05, 0.1) is 11.5 Å². The van der Waals surface area contributed by atoms with Gasteiger partial charge < -0.3 is 5.11 Å². The molecule has 1 aromatic carbocycles. The van der Waals surface area contributed by atoms with E-state index in [0.717, 1.165) is 18.2 Å². The first-order valence-corrected chi connectivity index (χ1v) is 6.74. The summed E-state index contributed by atoms with van der Waals surface area (Å²) in [6, 6.07) is 2.49. The van der Waals surface area contributed by atoms with Gasteiger partial charge in [-0.15, -0.1) is 6.42 Å². The number of halogens is 1. The Hall–Kier alpha value is -2.51. The van der Waals surface area contributed by atoms with Crippen LogP contribution in [0.4, 0.5) is 10.1 Å². The predicted molar refractivity (Wildman–Crippen MR) is 68.3 cm³/mol. The average Bonchev–Trinajstić information content (AvgIpc) is 2.36. The lowest BCUT2D eigenvalue weighted by Crippen LogP contribution is -2.36. The third-order valence-corrected chi connectivity index (χ3v) is 4.15. The number of hydrogen-bond donors (Lipinski definition) is 1. The lowest BCUT2D eigenvalue weighted by Gasteiger charge is -2.17. The second kappa shape index (κ2) is 6.29. The molecule has 0 saturated carbocycles. The van der Waals surface area contributed by atoms with E-state index in [1.807, 2.05) is 5.92 Å². The molecule has 21 heavy (non-hydrogen) atoms. The Kier molecular flexibility index (Phi) is 4.96. The number of aliphatic carboxylic acids is 1. The van der Waals surface area contributed by atoms with Crippen LogP contribution in [-0.4, -0.2) is 41.8 Å². The fraction of sp³-hybridized carbons (Fsp3) is 0.182. The van der Waals surface area contributed by atoms with Gasteiger partial charge in [-0.05, 0) is 12.1 Å². The molecule has 1 N–H and O–H groups in total. The summed E-state index contributed by atoms with van der Waals surface area (Å²) in [5, 5.41) is 19.5. The van der Waals surface area contributed by atoms with Gasteiger partial charge >= 0.3 is 11.7 Å². The first-order chi connectivity index (χ1) is 9.71. The summed E-state index contributed by atoms with van der Waals surface area (Å²) in [5.41, 5.74) is -1.26. The molecular formula is C11H9FN2O6S. The number of nitro groups is 1. The number of carboxylic acids is 1. The molecule has 0 fully saturated rings. The second-order valence-electron chi connectivity index (χ2n) is 3.71. The van der Waals surface area contributed by atoms with E-state index in [1.165, 1.54) is 0 Å². The van der Waals surface area contributed by atoms with E-state index in [2.05, 4.69) is 0 Å². The Morgan fingerprint density at radius 1 is 1.52 bits per heavy atom. The van der Waals surface area contributed by atoms with Crippen molar-refractivity contribution in [2.24, 2.45) is 0 Å². The maximum absolute atomic E-state index is 13.5. The number of carboxylic acid groups (broad SMARTS) is 1. The number of nitro benzene ring substituents is 1.